The van der Waals surface area contributed by atoms with E-state index >= 15 is 0 Å². The molecule has 0 saturated heterocycles. The van der Waals surface area contributed by atoms with Crippen molar-refractivity contribution in [2.45, 2.75) is 0 Å². The van der Waals surface area contributed by atoms with Crippen molar-refractivity contribution in [3.63, 3.8) is 0 Å². The Morgan fingerprint density at radius 2 is 1.80 bits per heavy atom. The molecule has 1 aromatic heterocycles. The van der Waals surface area contributed by atoms with Gasteiger partial charge >= 0.3 is 0 Å². The molecule has 3 rings (SSSR count). The molecule has 0 spiro atoms. The maximum Gasteiger partial charge on any atom is 0.158 e. The fourth-order valence-corrected chi connectivity index (χ4v) is 2.80. The Balaban J connectivity index is 2.34. The number of ether oxygens (including phenoxy) is 1. The van der Waals surface area contributed by atoms with Crippen LogP contribution in [-0.2, 0) is 0 Å². The molecule has 25 heavy (non-hydrogen) atoms. The van der Waals surface area contributed by atoms with E-state index in [1.807, 2.05) is 54.6 Å². The summed E-state index contributed by atoms with van der Waals surface area (Å²) in [7, 11) is 1.60. The van der Waals surface area contributed by atoms with E-state index in [9.17, 15) is 5.26 Å². The summed E-state index contributed by atoms with van der Waals surface area (Å²) in [5.41, 5.74) is 8.85. The number of nitrogens with two attached hydrogens (primary N) is 1. The summed E-state index contributed by atoms with van der Waals surface area (Å²) >= 11 is 4.81. The predicted octanol–water partition coefficient (Wildman–Crippen LogP) is 4.34. The van der Waals surface area contributed by atoms with E-state index in [2.05, 4.69) is 16.2 Å². The van der Waals surface area contributed by atoms with Gasteiger partial charge in [-0.05, 0) is 42.0 Å². The van der Waals surface area contributed by atoms with Crippen molar-refractivity contribution in [3.05, 3.63) is 60.2 Å². The molecule has 5 nitrogen and oxygen atoms in total. The number of hydrogen-bond donors (Lipinski definition) is 1. The summed E-state index contributed by atoms with van der Waals surface area (Å²) in [6, 6.07) is 19.0. The number of aliphatic imine (C=N–C) groups is 1. The zero-order valence-electron chi connectivity index (χ0n) is 13.4. The summed E-state index contributed by atoms with van der Waals surface area (Å²) in [4.78, 5) is 4.20. The summed E-state index contributed by atoms with van der Waals surface area (Å²) in [5, 5.41) is 12.0. The first kappa shape index (κ1) is 16.5. The number of nitrogen functional groups attached to an aromatic ring is 1. The fraction of sp³-hybridized carbons (Fsp3) is 0.0526. The highest BCUT2D eigenvalue weighted by molar-refractivity contribution is 7.78. The van der Waals surface area contributed by atoms with Gasteiger partial charge in [0.25, 0.3) is 0 Å². The van der Waals surface area contributed by atoms with Gasteiger partial charge in [-0.15, -0.1) is 0 Å². The number of thiocarbonyl (C=S) groups is 1. The molecule has 2 N–H and O–H groups in total. The Bertz CT molecular complexity index is 995. The van der Waals surface area contributed by atoms with Crippen molar-refractivity contribution in [3.8, 4) is 28.6 Å². The number of hydrogen-bond acceptors (Lipinski definition) is 5. The van der Waals surface area contributed by atoms with E-state index in [4.69, 9.17) is 22.7 Å². The number of benzene rings is 2. The lowest BCUT2D eigenvalue weighted by atomic mass is 10.0. The van der Waals surface area contributed by atoms with Crippen LogP contribution in [0.25, 0.3) is 16.8 Å². The monoisotopic (exact) mass is 346 g/mol. The van der Waals surface area contributed by atoms with Gasteiger partial charge in [0.05, 0.1) is 12.3 Å². The van der Waals surface area contributed by atoms with Gasteiger partial charge in [0.2, 0.25) is 0 Å². The third-order valence-corrected chi connectivity index (χ3v) is 3.93. The number of anilines is 1. The molecule has 0 amide bonds. The highest BCUT2D eigenvalue weighted by atomic mass is 32.1. The van der Waals surface area contributed by atoms with Gasteiger partial charge in [-0.1, -0.05) is 30.3 Å². The molecule has 2 aromatic carbocycles. The van der Waals surface area contributed by atoms with Crippen LogP contribution in [0.4, 0.5) is 11.6 Å². The van der Waals surface area contributed by atoms with Crippen molar-refractivity contribution < 1.29 is 4.74 Å². The summed E-state index contributed by atoms with van der Waals surface area (Å²) < 4.78 is 6.88. The topological polar surface area (TPSA) is 76.3 Å². The zero-order chi connectivity index (χ0) is 17.8. The molecular weight excluding hydrogens is 332 g/mol. The van der Waals surface area contributed by atoms with E-state index in [-0.39, 0.29) is 0 Å². The highest BCUT2D eigenvalue weighted by Gasteiger charge is 2.23. The lowest BCUT2D eigenvalue weighted by Gasteiger charge is -2.09. The summed E-state index contributed by atoms with van der Waals surface area (Å²) in [6.45, 7) is 0. The molecule has 0 aliphatic carbocycles. The third kappa shape index (κ3) is 2.90. The average Bonchev–Trinajstić information content (AvgIpc) is 2.94. The minimum Gasteiger partial charge on any atom is -0.497 e. The van der Waals surface area contributed by atoms with Crippen LogP contribution in [-0.4, -0.2) is 16.8 Å². The first-order valence-electron chi connectivity index (χ1n) is 7.43. The van der Waals surface area contributed by atoms with Gasteiger partial charge in [-0.25, -0.2) is 0 Å². The summed E-state index contributed by atoms with van der Waals surface area (Å²) in [6.07, 6.45) is 0. The SMILES string of the molecule is COc1ccc(-n2c(N)c(C#N)c(-c3ccccc3)c2N=C=S)cc1. The molecule has 0 aliphatic rings. The van der Waals surface area contributed by atoms with Gasteiger partial charge in [0.1, 0.15) is 23.2 Å². The Morgan fingerprint density at radius 3 is 2.36 bits per heavy atom. The van der Waals surface area contributed by atoms with Crippen LogP contribution >= 0.6 is 12.2 Å². The average molecular weight is 346 g/mol. The minimum atomic E-state index is 0.301. The molecule has 0 unspecified atom stereocenters. The lowest BCUT2D eigenvalue weighted by Crippen LogP contribution is -2.00. The first-order valence-corrected chi connectivity index (χ1v) is 7.84. The Kier molecular flexibility index (Phi) is 4.62. The maximum atomic E-state index is 9.64. The van der Waals surface area contributed by atoms with Crippen LogP contribution in [0, 0.1) is 11.3 Å². The third-order valence-electron chi connectivity index (χ3n) is 3.84. The van der Waals surface area contributed by atoms with Crippen molar-refractivity contribution in [1.29, 1.82) is 5.26 Å². The second kappa shape index (κ2) is 7.02. The fourth-order valence-electron chi connectivity index (χ4n) is 2.71. The largest absolute Gasteiger partial charge is 0.497 e. The number of nitrogens with zero attached hydrogens (tertiary/aromatic N) is 3. The normalized spacial score (nSPS) is 9.92. The molecular formula is C19H14N4OS. The minimum absolute atomic E-state index is 0.301. The van der Waals surface area contributed by atoms with Gasteiger partial charge in [-0.3, -0.25) is 4.57 Å². The Hall–Kier alpha value is -3.39. The molecule has 122 valence electrons. The molecule has 0 radical (unpaired) electrons. The van der Waals surface area contributed by atoms with Crippen molar-refractivity contribution in [1.82, 2.24) is 4.57 Å². The van der Waals surface area contributed by atoms with Gasteiger partial charge in [0.15, 0.2) is 5.82 Å². The lowest BCUT2D eigenvalue weighted by molar-refractivity contribution is 0.415. The number of methoxy groups -OCH3 is 1. The first-order chi connectivity index (χ1) is 12.2. The highest BCUT2D eigenvalue weighted by Crippen LogP contribution is 2.41. The number of aromatic nitrogens is 1. The second-order valence-corrected chi connectivity index (χ2v) is 5.36. The van der Waals surface area contributed by atoms with Crippen LogP contribution in [0.1, 0.15) is 5.56 Å². The molecule has 0 bridgehead atoms. The molecule has 1 heterocycles. The maximum absolute atomic E-state index is 9.64. The standard InChI is InChI=1S/C19H14N4OS/c1-24-15-9-7-14(8-10-15)23-18(21)16(11-20)17(19(23)22-12-25)13-5-3-2-4-6-13/h2-10H,21H2,1H3. The van der Waals surface area contributed by atoms with Crippen molar-refractivity contribution in [2.75, 3.05) is 12.8 Å². The Labute approximate surface area is 150 Å². The second-order valence-electron chi connectivity index (χ2n) is 5.17. The van der Waals surface area contributed by atoms with E-state index in [1.54, 1.807) is 11.7 Å². The summed E-state index contributed by atoms with van der Waals surface area (Å²) in [5.74, 6) is 1.49. The van der Waals surface area contributed by atoms with Gasteiger partial charge < -0.3 is 10.5 Å². The number of isothiocyanates is 1. The molecule has 0 fully saturated rings. The van der Waals surface area contributed by atoms with E-state index < -0.39 is 0 Å². The molecule has 0 saturated carbocycles. The van der Waals surface area contributed by atoms with E-state index in [1.165, 1.54) is 0 Å². The molecule has 3 aromatic rings. The quantitative estimate of drug-likeness (QED) is 0.563. The van der Waals surface area contributed by atoms with E-state index in [0.29, 0.717) is 22.8 Å². The van der Waals surface area contributed by atoms with Crippen LogP contribution < -0.4 is 10.5 Å². The van der Waals surface area contributed by atoms with Crippen LogP contribution in [0.5, 0.6) is 5.75 Å². The smallest absolute Gasteiger partial charge is 0.158 e. The van der Waals surface area contributed by atoms with Crippen molar-refractivity contribution >= 4 is 29.0 Å². The number of rotatable bonds is 4. The van der Waals surface area contributed by atoms with Crippen LogP contribution in [0.2, 0.25) is 0 Å². The van der Waals surface area contributed by atoms with Gasteiger partial charge in [-0.2, -0.15) is 10.3 Å². The zero-order valence-corrected chi connectivity index (χ0v) is 14.2. The van der Waals surface area contributed by atoms with Crippen molar-refractivity contribution in [2.24, 2.45) is 4.99 Å². The van der Waals surface area contributed by atoms with Crippen LogP contribution in [0.15, 0.2) is 59.6 Å². The molecule has 0 aliphatic heterocycles. The van der Waals surface area contributed by atoms with E-state index in [0.717, 1.165) is 17.0 Å². The molecule has 6 heteroatoms. The molecule has 0 atom stereocenters. The van der Waals surface area contributed by atoms with Gasteiger partial charge in [0, 0.05) is 11.3 Å². The van der Waals surface area contributed by atoms with Crippen LogP contribution in [0.3, 0.4) is 0 Å². The predicted molar refractivity (Wildman–Crippen MR) is 102 cm³/mol. The Morgan fingerprint density at radius 1 is 1.12 bits per heavy atom. The number of nitriles is 1.